The number of hydrogen-bond donors (Lipinski definition) is 0. The summed E-state index contributed by atoms with van der Waals surface area (Å²) < 4.78 is 0.630. The van der Waals surface area contributed by atoms with Gasteiger partial charge in [0.25, 0.3) is 0 Å². The third kappa shape index (κ3) is 2.95. The number of aromatic nitrogens is 1. The lowest BCUT2D eigenvalue weighted by molar-refractivity contribution is -0.388. The van der Waals surface area contributed by atoms with Gasteiger partial charge in [-0.1, -0.05) is 18.7 Å². The fourth-order valence-electron chi connectivity index (χ4n) is 0.857. The molecule has 14 heavy (non-hydrogen) atoms. The number of hydrogen-bond acceptors (Lipinski definition) is 4. The molecule has 0 saturated heterocycles. The highest BCUT2D eigenvalue weighted by Crippen LogP contribution is 2.29. The summed E-state index contributed by atoms with van der Waals surface area (Å²) in [6.07, 6.45) is 2.55. The van der Waals surface area contributed by atoms with Gasteiger partial charge in [0, 0.05) is 16.7 Å². The molecule has 0 aliphatic rings. The number of thioether (sulfide) groups is 1. The first-order valence-corrected chi connectivity index (χ1v) is 5.85. The smallest absolute Gasteiger partial charge is 0.258 e. The van der Waals surface area contributed by atoms with Gasteiger partial charge in [-0.3, -0.25) is 10.1 Å². The third-order valence-corrected chi connectivity index (χ3v) is 3.07. The second-order valence-corrected chi connectivity index (χ2v) is 4.58. The molecule has 1 rings (SSSR count). The lowest BCUT2D eigenvalue weighted by Crippen LogP contribution is -1.93. The van der Waals surface area contributed by atoms with Gasteiger partial charge in [0.15, 0.2) is 5.03 Å². The zero-order valence-corrected chi connectivity index (χ0v) is 9.97. The molecule has 0 N–H and O–H groups in total. The van der Waals surface area contributed by atoms with Crippen LogP contribution in [0.5, 0.6) is 0 Å². The van der Waals surface area contributed by atoms with Crippen LogP contribution < -0.4 is 0 Å². The van der Waals surface area contributed by atoms with Gasteiger partial charge in [-0.15, -0.1) is 0 Å². The average Bonchev–Trinajstić information content (AvgIpc) is 2.15. The predicted molar refractivity (Wildman–Crippen MR) is 59.6 cm³/mol. The Hall–Kier alpha value is -0.620. The average molecular weight is 277 g/mol. The minimum atomic E-state index is -0.407. The third-order valence-electron chi connectivity index (χ3n) is 1.44. The molecule has 6 heteroatoms. The maximum atomic E-state index is 10.7. The van der Waals surface area contributed by atoms with Crippen molar-refractivity contribution in [2.45, 2.75) is 18.4 Å². The highest BCUT2D eigenvalue weighted by molar-refractivity contribution is 9.10. The van der Waals surface area contributed by atoms with Crippen molar-refractivity contribution in [1.29, 1.82) is 0 Å². The molecule has 0 fully saturated rings. The van der Waals surface area contributed by atoms with Gasteiger partial charge in [0.1, 0.15) is 0 Å². The van der Waals surface area contributed by atoms with E-state index in [1.165, 1.54) is 17.8 Å². The number of pyridine rings is 1. The van der Waals surface area contributed by atoms with E-state index in [1.807, 2.05) is 6.92 Å². The van der Waals surface area contributed by atoms with Crippen molar-refractivity contribution in [3.63, 3.8) is 0 Å². The molecular formula is C8H9BrN2O2S. The van der Waals surface area contributed by atoms with Gasteiger partial charge in [-0.25, -0.2) is 4.98 Å². The van der Waals surface area contributed by atoms with E-state index < -0.39 is 4.92 Å². The summed E-state index contributed by atoms with van der Waals surface area (Å²) in [7, 11) is 0. The Morgan fingerprint density at radius 3 is 3.00 bits per heavy atom. The molecule has 0 radical (unpaired) electrons. The van der Waals surface area contributed by atoms with Gasteiger partial charge in [-0.2, -0.15) is 0 Å². The number of halogens is 1. The molecule has 0 bridgehead atoms. The summed E-state index contributed by atoms with van der Waals surface area (Å²) >= 11 is 4.57. The Morgan fingerprint density at radius 1 is 1.71 bits per heavy atom. The lowest BCUT2D eigenvalue weighted by atomic mass is 10.4. The van der Waals surface area contributed by atoms with Crippen molar-refractivity contribution in [3.05, 3.63) is 26.9 Å². The summed E-state index contributed by atoms with van der Waals surface area (Å²) in [4.78, 5) is 14.3. The Bertz CT molecular complexity index is 346. The molecule has 0 aromatic carbocycles. The van der Waals surface area contributed by atoms with Gasteiger partial charge < -0.3 is 0 Å². The first-order valence-electron chi connectivity index (χ1n) is 4.08. The van der Waals surface area contributed by atoms with E-state index in [-0.39, 0.29) is 5.69 Å². The van der Waals surface area contributed by atoms with E-state index in [4.69, 9.17) is 0 Å². The second kappa shape index (κ2) is 5.31. The summed E-state index contributed by atoms with van der Waals surface area (Å²) in [5.74, 6) is 0.843. The summed E-state index contributed by atoms with van der Waals surface area (Å²) in [6.45, 7) is 2.03. The van der Waals surface area contributed by atoms with E-state index in [1.54, 1.807) is 6.20 Å². The Balaban J connectivity index is 2.96. The molecule has 0 aliphatic carbocycles. The van der Waals surface area contributed by atoms with Crippen LogP contribution in [-0.4, -0.2) is 15.7 Å². The van der Waals surface area contributed by atoms with E-state index in [0.717, 1.165) is 12.2 Å². The summed E-state index contributed by atoms with van der Waals surface area (Å²) in [6, 6.07) is 1.48. The first-order chi connectivity index (χ1) is 6.65. The molecule has 1 heterocycles. The van der Waals surface area contributed by atoms with Crippen molar-refractivity contribution < 1.29 is 4.92 Å². The first kappa shape index (κ1) is 11.5. The topological polar surface area (TPSA) is 56.0 Å². The Morgan fingerprint density at radius 2 is 2.43 bits per heavy atom. The zero-order chi connectivity index (χ0) is 10.6. The van der Waals surface area contributed by atoms with Crippen molar-refractivity contribution in [2.75, 3.05) is 5.75 Å². The van der Waals surface area contributed by atoms with Crippen molar-refractivity contribution in [2.24, 2.45) is 0 Å². The van der Waals surface area contributed by atoms with Crippen molar-refractivity contribution in [1.82, 2.24) is 4.98 Å². The molecule has 0 unspecified atom stereocenters. The SMILES string of the molecule is CCCSc1ncc(Br)cc1[N+](=O)[O-]. The van der Waals surface area contributed by atoms with Gasteiger partial charge in [0.05, 0.1) is 4.92 Å². The fraction of sp³-hybridized carbons (Fsp3) is 0.375. The van der Waals surface area contributed by atoms with Crippen LogP contribution in [0.2, 0.25) is 0 Å². The van der Waals surface area contributed by atoms with Crippen molar-refractivity contribution in [3.8, 4) is 0 Å². The van der Waals surface area contributed by atoms with Crippen molar-refractivity contribution >= 4 is 33.4 Å². The van der Waals surface area contributed by atoms with Crippen LogP contribution in [0.25, 0.3) is 0 Å². The van der Waals surface area contributed by atoms with Crippen LogP contribution in [-0.2, 0) is 0 Å². The lowest BCUT2D eigenvalue weighted by Gasteiger charge is -2.00. The molecule has 1 aromatic rings. The number of nitro groups is 1. The van der Waals surface area contributed by atoms with Gasteiger partial charge >= 0.3 is 5.69 Å². The monoisotopic (exact) mass is 276 g/mol. The van der Waals surface area contributed by atoms with E-state index in [2.05, 4.69) is 20.9 Å². The minimum Gasteiger partial charge on any atom is -0.258 e. The highest BCUT2D eigenvalue weighted by atomic mass is 79.9. The van der Waals surface area contributed by atoms with E-state index in [0.29, 0.717) is 9.50 Å². The molecule has 1 aromatic heterocycles. The molecule has 0 saturated carbocycles. The zero-order valence-electron chi connectivity index (χ0n) is 7.57. The molecule has 0 amide bonds. The Kier molecular flexibility index (Phi) is 4.34. The van der Waals surface area contributed by atoms with Gasteiger partial charge in [0.2, 0.25) is 0 Å². The van der Waals surface area contributed by atoms with Crippen LogP contribution in [0.3, 0.4) is 0 Å². The normalized spacial score (nSPS) is 10.1. The minimum absolute atomic E-state index is 0.0674. The van der Waals surface area contributed by atoms with Crippen LogP contribution >= 0.6 is 27.7 Å². The summed E-state index contributed by atoms with van der Waals surface area (Å²) in [5.41, 5.74) is 0.0674. The fourth-order valence-corrected chi connectivity index (χ4v) is 1.98. The standard InChI is InChI=1S/C8H9BrN2O2S/c1-2-3-14-8-7(11(12)13)4-6(9)5-10-8/h4-5H,2-3H2,1H3. The predicted octanol–water partition coefficient (Wildman–Crippen LogP) is 3.25. The maximum Gasteiger partial charge on any atom is 0.302 e. The van der Waals surface area contributed by atoms with E-state index in [9.17, 15) is 10.1 Å². The number of rotatable bonds is 4. The van der Waals surface area contributed by atoms with Crippen LogP contribution in [0.1, 0.15) is 13.3 Å². The molecule has 0 spiro atoms. The summed E-state index contributed by atoms with van der Waals surface area (Å²) in [5, 5.41) is 11.2. The highest BCUT2D eigenvalue weighted by Gasteiger charge is 2.15. The second-order valence-electron chi connectivity index (χ2n) is 2.58. The number of nitrogens with zero attached hydrogens (tertiary/aromatic N) is 2. The molecule has 0 aliphatic heterocycles. The molecule has 76 valence electrons. The molecule has 4 nitrogen and oxygen atoms in total. The van der Waals surface area contributed by atoms with Crippen LogP contribution in [0, 0.1) is 10.1 Å². The van der Waals surface area contributed by atoms with Gasteiger partial charge in [-0.05, 0) is 28.1 Å². The van der Waals surface area contributed by atoms with E-state index >= 15 is 0 Å². The van der Waals surface area contributed by atoms with Crippen LogP contribution in [0.15, 0.2) is 21.8 Å². The largest absolute Gasteiger partial charge is 0.302 e. The molecular weight excluding hydrogens is 268 g/mol. The molecule has 0 atom stereocenters. The maximum absolute atomic E-state index is 10.7. The van der Waals surface area contributed by atoms with Crippen LogP contribution in [0.4, 0.5) is 5.69 Å². The quantitative estimate of drug-likeness (QED) is 0.481. The Labute approximate surface area is 94.4 Å².